The van der Waals surface area contributed by atoms with Crippen LogP contribution in [0, 0.1) is 17.2 Å². The van der Waals surface area contributed by atoms with E-state index in [2.05, 4.69) is 32.7 Å². The highest BCUT2D eigenvalue weighted by molar-refractivity contribution is 7.13. The van der Waals surface area contributed by atoms with E-state index in [0.717, 1.165) is 16.9 Å². The quantitative estimate of drug-likeness (QED) is 0.0975. The Morgan fingerprint density at radius 2 is 1.52 bits per heavy atom. The van der Waals surface area contributed by atoms with E-state index in [-0.39, 0.29) is 17.8 Å². The van der Waals surface area contributed by atoms with Crippen molar-refractivity contribution < 1.29 is 52.0 Å². The third-order valence-corrected chi connectivity index (χ3v) is 6.03. The van der Waals surface area contributed by atoms with Crippen molar-refractivity contribution in [2.45, 2.75) is 68.0 Å². The molecule has 1 atom stereocenters. The number of nitrogens with two attached hydrogens (primary N) is 1. The van der Waals surface area contributed by atoms with Gasteiger partial charge in [-0.3, -0.25) is 4.79 Å². The number of aliphatic hydroxyl groups is 1. The van der Waals surface area contributed by atoms with Gasteiger partial charge in [0.05, 0.1) is 12.5 Å². The largest absolute Gasteiger partial charge is 0.490 e. The lowest BCUT2D eigenvalue weighted by Crippen LogP contribution is -2.21. The van der Waals surface area contributed by atoms with Gasteiger partial charge in [0.25, 0.3) is 0 Å². The summed E-state index contributed by atoms with van der Waals surface area (Å²) in [5, 5.41) is 23.3. The molecule has 0 radical (unpaired) electrons. The lowest BCUT2D eigenvalue weighted by Gasteiger charge is -2.24. The summed E-state index contributed by atoms with van der Waals surface area (Å²) in [6, 6.07) is 7.98. The molecule has 1 aromatic heterocycles. The van der Waals surface area contributed by atoms with Crippen molar-refractivity contribution in [3.63, 3.8) is 0 Å². The molecule has 2 rings (SSSR count). The Morgan fingerprint density at radius 1 is 1.05 bits per heavy atom. The monoisotopic (exact) mass is 653 g/mol. The van der Waals surface area contributed by atoms with Gasteiger partial charge in [0.2, 0.25) is 0 Å². The Kier molecular flexibility index (Phi) is 26.8. The van der Waals surface area contributed by atoms with Gasteiger partial charge in [0.1, 0.15) is 4.88 Å². The van der Waals surface area contributed by atoms with E-state index < -0.39 is 35.8 Å². The number of aliphatic hydroxyl groups excluding tert-OH is 1. The average molecular weight is 654 g/mol. The molecule has 0 aliphatic carbocycles. The number of alkyl halides is 3. The number of carbonyl (C=O) groups excluding carboxylic acids is 1. The number of carboxylic acids is 2. The highest BCUT2D eigenvalue weighted by Crippen LogP contribution is 2.32. The van der Waals surface area contributed by atoms with E-state index in [1.165, 1.54) is 43.5 Å². The summed E-state index contributed by atoms with van der Waals surface area (Å²) in [5.74, 6) is -5.55. The molecule has 1 heterocycles. The molecule has 0 spiro atoms. The van der Waals surface area contributed by atoms with Gasteiger partial charge in [-0.25, -0.2) is 14.0 Å². The van der Waals surface area contributed by atoms with Gasteiger partial charge in [-0.2, -0.15) is 13.2 Å². The molecule has 1 aromatic carbocycles. The highest BCUT2D eigenvalue weighted by atomic mass is 32.1. The van der Waals surface area contributed by atoms with E-state index in [1.54, 1.807) is 12.1 Å². The fraction of sp³-hybridized carbons (Fsp3) is 0.452. The van der Waals surface area contributed by atoms with Gasteiger partial charge < -0.3 is 25.8 Å². The minimum Gasteiger partial charge on any atom is -0.481 e. The summed E-state index contributed by atoms with van der Waals surface area (Å²) < 4.78 is 50.8. The summed E-state index contributed by atoms with van der Waals surface area (Å²) in [7, 11) is 1.50. The molecule has 1 unspecified atom stereocenters. The maximum atomic E-state index is 13.9. The number of carboxylic acid groups (broad SMARTS) is 2. The average Bonchev–Trinajstić information content (AvgIpc) is 3.44. The first-order valence-electron chi connectivity index (χ1n) is 13.5. The van der Waals surface area contributed by atoms with Crippen molar-refractivity contribution in [1.29, 1.82) is 0 Å². The Labute approximate surface area is 261 Å². The third kappa shape index (κ3) is 20.4. The molecule has 0 amide bonds. The number of carbonyl (C=O) groups is 3. The molecule has 0 saturated heterocycles. The molecule has 0 fully saturated rings. The normalized spacial score (nSPS) is 10.4. The SMILES string of the molecule is C=Cc1ccc(OC(=O)c2ccc(CC(C)(C)C(=C)C)s2)c(F)c1.CC.CC.CC(CO)C(=O)O.CN.O=C(O)C(F)(F)F. The molecule has 2 aromatic rings. The zero-order valence-corrected chi connectivity index (χ0v) is 27.7. The van der Waals surface area contributed by atoms with Crippen molar-refractivity contribution in [2.75, 3.05) is 13.7 Å². The minimum absolute atomic E-state index is 0.0430. The van der Waals surface area contributed by atoms with Crippen LogP contribution in [-0.4, -0.2) is 53.1 Å². The van der Waals surface area contributed by atoms with Gasteiger partial charge >= 0.3 is 24.1 Å². The lowest BCUT2D eigenvalue weighted by molar-refractivity contribution is -0.192. The number of aliphatic carboxylic acids is 2. The summed E-state index contributed by atoms with van der Waals surface area (Å²) in [4.78, 5) is 32.4. The molecule has 44 heavy (non-hydrogen) atoms. The van der Waals surface area contributed by atoms with Crippen LogP contribution >= 0.6 is 11.3 Å². The predicted octanol–water partition coefficient (Wildman–Crippen LogP) is 7.85. The maximum Gasteiger partial charge on any atom is 0.490 e. The molecule has 0 aliphatic rings. The Balaban J connectivity index is -0.000000329. The van der Waals surface area contributed by atoms with Crippen LogP contribution in [0.15, 0.2) is 49.1 Å². The van der Waals surface area contributed by atoms with E-state index in [1.807, 2.05) is 40.7 Å². The number of benzene rings is 1. The maximum absolute atomic E-state index is 13.9. The van der Waals surface area contributed by atoms with Crippen molar-refractivity contribution in [3.05, 3.63) is 70.2 Å². The first-order chi connectivity index (χ1) is 20.3. The number of halogens is 4. The van der Waals surface area contributed by atoms with Crippen LogP contribution in [0.2, 0.25) is 0 Å². The first-order valence-corrected chi connectivity index (χ1v) is 14.3. The highest BCUT2D eigenvalue weighted by Gasteiger charge is 2.38. The molecule has 0 bridgehead atoms. The van der Waals surface area contributed by atoms with Gasteiger partial charge in [-0.15, -0.1) is 11.3 Å². The predicted molar refractivity (Wildman–Crippen MR) is 168 cm³/mol. The molecule has 0 aliphatic heterocycles. The van der Waals surface area contributed by atoms with E-state index in [4.69, 9.17) is 24.9 Å². The minimum atomic E-state index is -5.08. The van der Waals surface area contributed by atoms with E-state index in [0.29, 0.717) is 10.4 Å². The van der Waals surface area contributed by atoms with Gasteiger partial charge in [0.15, 0.2) is 11.6 Å². The van der Waals surface area contributed by atoms with Crippen molar-refractivity contribution in [1.82, 2.24) is 0 Å². The molecule has 13 heteroatoms. The number of hydrogen-bond donors (Lipinski definition) is 4. The van der Waals surface area contributed by atoms with Crippen LogP contribution in [0.3, 0.4) is 0 Å². The zero-order valence-electron chi connectivity index (χ0n) is 26.8. The molecular weight excluding hydrogens is 606 g/mol. The topological polar surface area (TPSA) is 147 Å². The number of allylic oxidation sites excluding steroid dienone is 1. The standard InChI is InChI=1S/C20H21FO2S.C4H8O3.C2HF3O2.2C2H6.CH5N/c1-6-14-7-9-17(16(21)11-14)23-19(22)18-10-8-15(24-18)12-20(4,5)13(2)3;1-3(2-5)4(6)7;3-2(4,5)1(6)7;3*1-2/h6-11H,1-2,12H2,3-5H3;3,5H,2H2,1H3,(H,6,7);(H,6,7);2*1-2H3;2H2,1H3. The number of thiophene rings is 1. The fourth-order valence-electron chi connectivity index (χ4n) is 2.12. The first kappa shape index (κ1) is 47.4. The molecule has 252 valence electrons. The van der Waals surface area contributed by atoms with Crippen molar-refractivity contribution >= 4 is 35.3 Å². The van der Waals surface area contributed by atoms with Crippen molar-refractivity contribution in [2.24, 2.45) is 17.1 Å². The summed E-state index contributed by atoms with van der Waals surface area (Å²) in [5.41, 5.74) is 6.18. The molecule has 0 saturated carbocycles. The Morgan fingerprint density at radius 3 is 1.84 bits per heavy atom. The third-order valence-electron chi connectivity index (χ3n) is 4.97. The second kappa shape index (κ2) is 24.8. The number of esters is 1. The van der Waals surface area contributed by atoms with Crippen LogP contribution in [0.25, 0.3) is 6.08 Å². The molecule has 8 nitrogen and oxygen atoms in total. The van der Waals surface area contributed by atoms with Gasteiger partial charge in [-0.05, 0) is 62.6 Å². The van der Waals surface area contributed by atoms with Gasteiger partial charge in [0, 0.05) is 4.88 Å². The van der Waals surface area contributed by atoms with E-state index >= 15 is 0 Å². The molecule has 5 N–H and O–H groups in total. The number of ether oxygens (including phenoxy) is 1. The summed E-state index contributed by atoms with van der Waals surface area (Å²) in [6.07, 6.45) is -2.76. The van der Waals surface area contributed by atoms with Crippen LogP contribution in [0.1, 0.15) is 75.5 Å². The second-order valence-electron chi connectivity index (χ2n) is 8.62. The zero-order chi connectivity index (χ0) is 35.8. The van der Waals surface area contributed by atoms with Crippen LogP contribution in [0.5, 0.6) is 5.75 Å². The van der Waals surface area contributed by atoms with E-state index in [9.17, 15) is 27.2 Å². The number of hydrogen-bond acceptors (Lipinski definition) is 7. The Bertz CT molecular complexity index is 1150. The second-order valence-corrected chi connectivity index (χ2v) is 9.78. The van der Waals surface area contributed by atoms with Crippen LogP contribution in [0.4, 0.5) is 17.6 Å². The number of rotatable bonds is 8. The summed E-state index contributed by atoms with van der Waals surface area (Å²) in [6.45, 7) is 23.0. The van der Waals surface area contributed by atoms with Crippen molar-refractivity contribution in [3.8, 4) is 5.75 Å². The fourth-order valence-corrected chi connectivity index (χ4v) is 3.24. The summed E-state index contributed by atoms with van der Waals surface area (Å²) >= 11 is 1.36. The molecular formula is C31H47F4NO7S. The van der Waals surface area contributed by atoms with Gasteiger partial charge in [-0.1, -0.05) is 72.4 Å². The Hall–Kier alpha value is -3.55. The van der Waals surface area contributed by atoms with Crippen LogP contribution in [-0.2, 0) is 16.0 Å². The lowest BCUT2D eigenvalue weighted by atomic mass is 9.82. The smallest absolute Gasteiger partial charge is 0.481 e. The van der Waals surface area contributed by atoms with Crippen LogP contribution < -0.4 is 10.5 Å².